The lowest BCUT2D eigenvalue weighted by molar-refractivity contribution is 0.771. The second-order valence-corrected chi connectivity index (χ2v) is 2.11. The minimum atomic E-state index is -0.400. The molecule has 0 aromatic carbocycles. The molecule has 2 aromatic rings. The quantitative estimate of drug-likeness (QED) is 0.606. The van der Waals surface area contributed by atoms with Gasteiger partial charge in [0.15, 0.2) is 0 Å². The predicted molar refractivity (Wildman–Crippen MR) is 39.8 cm³/mol. The van der Waals surface area contributed by atoms with Gasteiger partial charge >= 0.3 is 5.69 Å². The number of nitrogens with one attached hydrogen (secondary N) is 1. The van der Waals surface area contributed by atoms with E-state index in [1.165, 1.54) is 17.1 Å². The van der Waals surface area contributed by atoms with E-state index in [2.05, 4.69) is 20.3 Å². The number of aromatic amines is 1. The van der Waals surface area contributed by atoms with E-state index in [0.717, 1.165) is 0 Å². The van der Waals surface area contributed by atoms with E-state index in [0.29, 0.717) is 5.82 Å². The Balaban J connectivity index is 2.55. The topological polar surface area (TPSA) is 76.5 Å². The van der Waals surface area contributed by atoms with Crippen molar-refractivity contribution in [2.24, 2.45) is 0 Å². The largest absolute Gasteiger partial charge is 0.346 e. The van der Waals surface area contributed by atoms with Crippen LogP contribution in [-0.2, 0) is 0 Å². The van der Waals surface area contributed by atoms with Crippen molar-refractivity contribution in [1.82, 2.24) is 25.0 Å². The fourth-order valence-corrected chi connectivity index (χ4v) is 0.829. The van der Waals surface area contributed by atoms with Gasteiger partial charge in [-0.25, -0.2) is 14.5 Å². The van der Waals surface area contributed by atoms with Gasteiger partial charge in [0.05, 0.1) is 12.4 Å². The number of hydrogen-bond donors (Lipinski definition) is 1. The van der Waals surface area contributed by atoms with E-state index in [-0.39, 0.29) is 0 Å². The Hall–Kier alpha value is -1.98. The van der Waals surface area contributed by atoms with Crippen LogP contribution in [-0.4, -0.2) is 25.0 Å². The Morgan fingerprint density at radius 1 is 1.42 bits per heavy atom. The highest BCUT2D eigenvalue weighted by Gasteiger charge is 1.95. The van der Waals surface area contributed by atoms with Crippen LogP contribution in [0.5, 0.6) is 0 Å². The SMILES string of the molecule is O=c1nccc(-n2ccnn2)[nH]1. The molecule has 0 aliphatic rings. The van der Waals surface area contributed by atoms with Crippen LogP contribution in [0.3, 0.4) is 0 Å². The fraction of sp³-hybridized carbons (Fsp3) is 0. The Kier molecular flexibility index (Phi) is 1.44. The van der Waals surface area contributed by atoms with Crippen LogP contribution < -0.4 is 5.69 Å². The fourth-order valence-electron chi connectivity index (χ4n) is 0.829. The van der Waals surface area contributed by atoms with Crippen LogP contribution in [0.4, 0.5) is 0 Å². The predicted octanol–water partition coefficient (Wildman–Crippen LogP) is -0.649. The minimum absolute atomic E-state index is 0.400. The summed E-state index contributed by atoms with van der Waals surface area (Å²) >= 11 is 0. The van der Waals surface area contributed by atoms with Crippen molar-refractivity contribution >= 4 is 0 Å². The third-order valence-corrected chi connectivity index (χ3v) is 1.33. The first-order valence-electron chi connectivity index (χ1n) is 3.28. The summed E-state index contributed by atoms with van der Waals surface area (Å²) in [5, 5.41) is 7.30. The Morgan fingerprint density at radius 3 is 3.00 bits per heavy atom. The summed E-state index contributed by atoms with van der Waals surface area (Å²) in [5.74, 6) is 0.549. The number of hydrogen-bond acceptors (Lipinski definition) is 4. The molecule has 6 heteroatoms. The summed E-state index contributed by atoms with van der Waals surface area (Å²) in [5.41, 5.74) is -0.400. The molecule has 2 heterocycles. The van der Waals surface area contributed by atoms with Gasteiger partial charge in [0, 0.05) is 6.20 Å². The van der Waals surface area contributed by atoms with Crippen molar-refractivity contribution in [1.29, 1.82) is 0 Å². The highest BCUT2D eigenvalue weighted by atomic mass is 16.1. The molecular weight excluding hydrogens is 158 g/mol. The zero-order valence-corrected chi connectivity index (χ0v) is 6.01. The maximum absolute atomic E-state index is 10.8. The summed E-state index contributed by atoms with van der Waals surface area (Å²) in [4.78, 5) is 16.7. The maximum atomic E-state index is 10.8. The van der Waals surface area contributed by atoms with Crippen LogP contribution in [0.1, 0.15) is 0 Å². The smallest absolute Gasteiger partial charge is 0.290 e. The number of H-pyrrole nitrogens is 1. The molecule has 6 nitrogen and oxygen atoms in total. The number of rotatable bonds is 1. The average molecular weight is 163 g/mol. The first-order chi connectivity index (χ1) is 5.86. The molecule has 2 rings (SSSR count). The van der Waals surface area contributed by atoms with Crippen molar-refractivity contribution in [2.45, 2.75) is 0 Å². The highest BCUT2D eigenvalue weighted by molar-refractivity contribution is 5.15. The molecule has 0 unspecified atom stereocenters. The van der Waals surface area contributed by atoms with E-state index < -0.39 is 5.69 Å². The van der Waals surface area contributed by atoms with Crippen LogP contribution in [0.2, 0.25) is 0 Å². The Bertz CT molecular complexity index is 418. The van der Waals surface area contributed by atoms with Gasteiger partial charge < -0.3 is 0 Å². The lowest BCUT2D eigenvalue weighted by atomic mass is 10.6. The van der Waals surface area contributed by atoms with Crippen molar-refractivity contribution < 1.29 is 0 Å². The van der Waals surface area contributed by atoms with Crippen LogP contribution in [0.15, 0.2) is 29.5 Å². The minimum Gasteiger partial charge on any atom is -0.290 e. The second kappa shape index (κ2) is 2.57. The van der Waals surface area contributed by atoms with Crippen LogP contribution >= 0.6 is 0 Å². The van der Waals surface area contributed by atoms with Crippen LogP contribution in [0.25, 0.3) is 5.82 Å². The van der Waals surface area contributed by atoms with Crippen LogP contribution in [0, 0.1) is 0 Å². The average Bonchev–Trinajstić information content (AvgIpc) is 2.56. The van der Waals surface area contributed by atoms with E-state index in [1.807, 2.05) is 0 Å². The monoisotopic (exact) mass is 163 g/mol. The molecule has 0 radical (unpaired) electrons. The second-order valence-electron chi connectivity index (χ2n) is 2.11. The standard InChI is InChI=1S/C6H5N5O/c12-6-7-2-1-5(9-6)11-4-3-8-10-11/h1-4H,(H,7,9,12). The summed E-state index contributed by atoms with van der Waals surface area (Å²) in [6.07, 6.45) is 4.57. The summed E-state index contributed by atoms with van der Waals surface area (Å²) < 4.78 is 1.45. The van der Waals surface area contributed by atoms with Crippen molar-refractivity contribution in [3.8, 4) is 5.82 Å². The first kappa shape index (κ1) is 6.71. The molecule has 12 heavy (non-hydrogen) atoms. The molecular formula is C6H5N5O. The molecule has 0 bridgehead atoms. The molecule has 0 aliphatic heterocycles. The third kappa shape index (κ3) is 1.09. The Labute approximate surface area is 66.9 Å². The molecule has 2 aromatic heterocycles. The van der Waals surface area contributed by atoms with Gasteiger partial charge in [-0.2, -0.15) is 0 Å². The zero-order chi connectivity index (χ0) is 8.39. The lowest BCUT2D eigenvalue weighted by Crippen LogP contribution is -2.12. The van der Waals surface area contributed by atoms with E-state index in [9.17, 15) is 4.79 Å². The van der Waals surface area contributed by atoms with Gasteiger partial charge in [-0.15, -0.1) is 5.10 Å². The highest BCUT2D eigenvalue weighted by Crippen LogP contribution is 1.94. The van der Waals surface area contributed by atoms with Gasteiger partial charge in [-0.05, 0) is 6.07 Å². The van der Waals surface area contributed by atoms with E-state index in [1.54, 1.807) is 12.3 Å². The molecule has 0 saturated heterocycles. The number of nitrogens with zero attached hydrogens (tertiary/aromatic N) is 4. The molecule has 0 spiro atoms. The maximum Gasteiger partial charge on any atom is 0.346 e. The van der Waals surface area contributed by atoms with Gasteiger partial charge in [-0.1, -0.05) is 5.21 Å². The van der Waals surface area contributed by atoms with Gasteiger partial charge in [0.2, 0.25) is 0 Å². The molecule has 0 atom stereocenters. The molecule has 0 amide bonds. The van der Waals surface area contributed by atoms with Crippen molar-refractivity contribution in [3.05, 3.63) is 35.1 Å². The molecule has 1 N–H and O–H groups in total. The van der Waals surface area contributed by atoms with Gasteiger partial charge in [0.25, 0.3) is 0 Å². The summed E-state index contributed by atoms with van der Waals surface area (Å²) in [7, 11) is 0. The molecule has 0 fully saturated rings. The van der Waals surface area contributed by atoms with E-state index >= 15 is 0 Å². The van der Waals surface area contributed by atoms with Gasteiger partial charge in [-0.3, -0.25) is 4.98 Å². The Morgan fingerprint density at radius 2 is 2.33 bits per heavy atom. The van der Waals surface area contributed by atoms with Gasteiger partial charge in [0.1, 0.15) is 5.82 Å². The normalized spacial score (nSPS) is 10.0. The summed E-state index contributed by atoms with van der Waals surface area (Å²) in [6, 6.07) is 1.63. The van der Waals surface area contributed by atoms with Crippen molar-refractivity contribution in [3.63, 3.8) is 0 Å². The molecule has 0 aliphatic carbocycles. The zero-order valence-electron chi connectivity index (χ0n) is 6.01. The third-order valence-electron chi connectivity index (χ3n) is 1.33. The van der Waals surface area contributed by atoms with Crippen molar-refractivity contribution in [2.75, 3.05) is 0 Å². The molecule has 0 saturated carbocycles. The molecule has 60 valence electrons. The lowest BCUT2D eigenvalue weighted by Gasteiger charge is -1.95. The number of aromatic nitrogens is 5. The van der Waals surface area contributed by atoms with E-state index in [4.69, 9.17) is 0 Å². The first-order valence-corrected chi connectivity index (χ1v) is 3.28. The summed E-state index contributed by atoms with van der Waals surface area (Å²) in [6.45, 7) is 0.